The van der Waals surface area contributed by atoms with Crippen LogP contribution >= 0.6 is 0 Å². The lowest BCUT2D eigenvalue weighted by atomic mass is 9.87. The van der Waals surface area contributed by atoms with Crippen molar-refractivity contribution in [3.05, 3.63) is 24.3 Å². The summed E-state index contributed by atoms with van der Waals surface area (Å²) in [5.41, 5.74) is 12.3. The zero-order valence-corrected chi connectivity index (χ0v) is 15.8. The Morgan fingerprint density at radius 3 is 2.42 bits per heavy atom. The Labute approximate surface area is 154 Å². The molecule has 1 aliphatic heterocycles. The second-order valence-corrected chi connectivity index (χ2v) is 8.48. The Morgan fingerprint density at radius 2 is 1.81 bits per heavy atom. The van der Waals surface area contributed by atoms with E-state index < -0.39 is 15.7 Å². The molecule has 1 spiro atoms. The summed E-state index contributed by atoms with van der Waals surface area (Å²) in [6, 6.07) is 6.66. The van der Waals surface area contributed by atoms with Crippen molar-refractivity contribution >= 4 is 27.6 Å². The number of nitrogens with one attached hydrogen (secondary N) is 1. The summed E-state index contributed by atoms with van der Waals surface area (Å²) in [6.45, 7) is 2.33. The number of nitrogens with zero attached hydrogens (tertiary/aromatic N) is 3. The highest BCUT2D eigenvalue weighted by molar-refractivity contribution is 7.89. The van der Waals surface area contributed by atoms with Crippen molar-refractivity contribution < 1.29 is 8.42 Å². The van der Waals surface area contributed by atoms with Crippen molar-refractivity contribution in [1.29, 1.82) is 0 Å². The number of rotatable bonds is 5. The molecule has 3 rings (SSSR count). The molecule has 1 aromatic carbocycles. The van der Waals surface area contributed by atoms with Crippen molar-refractivity contribution in [1.82, 2.24) is 4.72 Å². The van der Waals surface area contributed by atoms with Gasteiger partial charge in [-0.1, -0.05) is 13.3 Å². The van der Waals surface area contributed by atoms with Crippen molar-refractivity contribution in [2.24, 2.45) is 21.5 Å². The third kappa shape index (κ3) is 3.54. The van der Waals surface area contributed by atoms with Crippen LogP contribution in [-0.2, 0) is 10.0 Å². The first kappa shape index (κ1) is 18.7. The van der Waals surface area contributed by atoms with Gasteiger partial charge in [0.25, 0.3) is 0 Å². The number of benzene rings is 1. The lowest BCUT2D eigenvalue weighted by Gasteiger charge is -2.45. The van der Waals surface area contributed by atoms with E-state index in [2.05, 4.69) is 14.7 Å². The summed E-state index contributed by atoms with van der Waals surface area (Å²) in [6.07, 6.45) is 5.63. The predicted molar refractivity (Wildman–Crippen MR) is 103 cm³/mol. The van der Waals surface area contributed by atoms with E-state index in [1.165, 1.54) is 0 Å². The third-order valence-electron chi connectivity index (χ3n) is 4.80. The van der Waals surface area contributed by atoms with Gasteiger partial charge >= 0.3 is 0 Å². The van der Waals surface area contributed by atoms with Gasteiger partial charge in [0.05, 0.1) is 4.90 Å². The van der Waals surface area contributed by atoms with E-state index in [0.29, 0.717) is 12.5 Å². The summed E-state index contributed by atoms with van der Waals surface area (Å²) in [5.74, 6) is 0.489. The van der Waals surface area contributed by atoms with Crippen molar-refractivity contribution in [3.63, 3.8) is 0 Å². The minimum atomic E-state index is -3.50. The van der Waals surface area contributed by atoms with E-state index >= 15 is 0 Å². The van der Waals surface area contributed by atoms with E-state index in [0.717, 1.165) is 44.2 Å². The Hall–Kier alpha value is -2.13. The zero-order chi connectivity index (χ0) is 18.8. The number of hydrogen-bond donors (Lipinski definition) is 3. The molecule has 1 aromatic rings. The van der Waals surface area contributed by atoms with Gasteiger partial charge in [-0.15, -0.1) is 0 Å². The lowest BCUT2D eigenvalue weighted by Crippen LogP contribution is -2.58. The highest BCUT2D eigenvalue weighted by Gasteiger charge is 2.42. The van der Waals surface area contributed by atoms with Crippen LogP contribution in [0.25, 0.3) is 0 Å². The van der Waals surface area contributed by atoms with Gasteiger partial charge < -0.3 is 11.5 Å². The molecule has 5 N–H and O–H groups in total. The summed E-state index contributed by atoms with van der Waals surface area (Å²) < 4.78 is 27.1. The van der Waals surface area contributed by atoms with Crippen LogP contribution in [0.15, 0.2) is 39.1 Å². The monoisotopic (exact) mass is 378 g/mol. The Bertz CT molecular complexity index is 810. The van der Waals surface area contributed by atoms with Gasteiger partial charge in [-0.05, 0) is 56.4 Å². The molecule has 0 unspecified atom stereocenters. The normalized spacial score (nSPS) is 20.0. The van der Waals surface area contributed by atoms with Crippen molar-refractivity contribution in [2.75, 3.05) is 11.4 Å². The molecule has 0 amide bonds. The predicted octanol–water partition coefficient (Wildman–Crippen LogP) is 1.48. The largest absolute Gasteiger partial charge is 0.369 e. The fourth-order valence-corrected chi connectivity index (χ4v) is 4.72. The molecule has 0 aromatic heterocycles. The van der Waals surface area contributed by atoms with Gasteiger partial charge in [-0.25, -0.2) is 18.1 Å². The van der Waals surface area contributed by atoms with Crippen LogP contribution in [0.5, 0.6) is 0 Å². The van der Waals surface area contributed by atoms with Crippen LogP contribution in [0.4, 0.5) is 5.69 Å². The fourth-order valence-electron chi connectivity index (χ4n) is 3.59. The Balaban J connectivity index is 1.93. The van der Waals surface area contributed by atoms with E-state index in [-0.39, 0.29) is 10.9 Å². The first-order valence-corrected chi connectivity index (χ1v) is 10.5. The van der Waals surface area contributed by atoms with Crippen LogP contribution in [0, 0.1) is 0 Å². The zero-order valence-electron chi connectivity index (χ0n) is 15.0. The topological polar surface area (TPSA) is 126 Å². The standard InChI is InChI=1S/C17H26N6O2S/c1-2-12-20-26(24,25)14-8-6-13(7-9-14)23-16(19)21-15(18)22-17(23)10-4-3-5-11-17/h6-9,20H,2-5,10-12H2,1H3,(H4,18,19,21,22). The van der Waals surface area contributed by atoms with Gasteiger partial charge in [-0.2, -0.15) is 4.99 Å². The lowest BCUT2D eigenvalue weighted by molar-refractivity contribution is 0.305. The summed E-state index contributed by atoms with van der Waals surface area (Å²) in [7, 11) is -3.50. The second-order valence-electron chi connectivity index (χ2n) is 6.71. The maximum Gasteiger partial charge on any atom is 0.240 e. The first-order valence-electron chi connectivity index (χ1n) is 8.97. The molecular formula is C17H26N6O2S. The quantitative estimate of drug-likeness (QED) is 0.715. The third-order valence-corrected chi connectivity index (χ3v) is 6.28. The minimum absolute atomic E-state index is 0.198. The number of guanidine groups is 2. The SMILES string of the molecule is CCCNS(=O)(=O)c1ccc(N2C(N)=NC(N)=NC23CCCCC3)cc1. The highest BCUT2D eigenvalue weighted by atomic mass is 32.2. The summed E-state index contributed by atoms with van der Waals surface area (Å²) in [4.78, 5) is 10.8. The Kier molecular flexibility index (Phi) is 5.19. The van der Waals surface area contributed by atoms with E-state index in [1.54, 1.807) is 24.3 Å². The highest BCUT2D eigenvalue weighted by Crippen LogP contribution is 2.39. The number of sulfonamides is 1. The molecule has 9 heteroatoms. The van der Waals surface area contributed by atoms with Crippen LogP contribution < -0.4 is 21.1 Å². The van der Waals surface area contributed by atoms with Crippen LogP contribution in [-0.4, -0.2) is 32.5 Å². The van der Waals surface area contributed by atoms with Crippen LogP contribution in [0.3, 0.4) is 0 Å². The number of anilines is 1. The molecule has 0 radical (unpaired) electrons. The molecule has 0 saturated heterocycles. The molecule has 1 saturated carbocycles. The smallest absolute Gasteiger partial charge is 0.240 e. The van der Waals surface area contributed by atoms with Gasteiger partial charge in [0.2, 0.25) is 21.9 Å². The molecule has 1 aliphatic carbocycles. The summed E-state index contributed by atoms with van der Waals surface area (Å²) >= 11 is 0. The molecule has 0 bridgehead atoms. The molecule has 2 aliphatic rings. The van der Waals surface area contributed by atoms with E-state index in [4.69, 9.17) is 11.5 Å². The molecule has 0 atom stereocenters. The number of aliphatic imine (C=N–C) groups is 2. The molecule has 26 heavy (non-hydrogen) atoms. The van der Waals surface area contributed by atoms with Gasteiger partial charge in [0.1, 0.15) is 5.66 Å². The van der Waals surface area contributed by atoms with Gasteiger partial charge in [0.15, 0.2) is 0 Å². The van der Waals surface area contributed by atoms with Crippen molar-refractivity contribution in [3.8, 4) is 0 Å². The van der Waals surface area contributed by atoms with Crippen LogP contribution in [0.2, 0.25) is 0 Å². The molecule has 1 heterocycles. The average Bonchev–Trinajstić information content (AvgIpc) is 2.60. The average molecular weight is 379 g/mol. The first-order chi connectivity index (χ1) is 12.4. The maximum absolute atomic E-state index is 12.3. The van der Waals surface area contributed by atoms with Crippen molar-refractivity contribution in [2.45, 2.75) is 56.0 Å². The van der Waals surface area contributed by atoms with E-state index in [1.807, 2.05) is 11.8 Å². The Morgan fingerprint density at radius 1 is 1.15 bits per heavy atom. The number of nitrogens with two attached hydrogens (primary N) is 2. The fraction of sp³-hybridized carbons (Fsp3) is 0.529. The van der Waals surface area contributed by atoms with Gasteiger partial charge in [0, 0.05) is 12.2 Å². The maximum atomic E-state index is 12.3. The number of hydrogen-bond acceptors (Lipinski definition) is 7. The van der Waals surface area contributed by atoms with Gasteiger partial charge in [-0.3, -0.25) is 4.90 Å². The van der Waals surface area contributed by atoms with E-state index in [9.17, 15) is 8.42 Å². The second kappa shape index (κ2) is 7.24. The minimum Gasteiger partial charge on any atom is -0.369 e. The molecule has 8 nitrogen and oxygen atoms in total. The van der Waals surface area contributed by atoms with Crippen LogP contribution in [0.1, 0.15) is 45.4 Å². The summed E-state index contributed by atoms with van der Waals surface area (Å²) in [5, 5.41) is 0. The molecule has 142 valence electrons. The molecular weight excluding hydrogens is 352 g/mol. The molecule has 1 fully saturated rings.